The molecule has 11 rings (SSSR count). The highest BCUT2D eigenvalue weighted by atomic mass is 32.1. The summed E-state index contributed by atoms with van der Waals surface area (Å²) >= 11 is 1.92. The zero-order chi connectivity index (χ0) is 33.5. The van der Waals surface area contributed by atoms with E-state index in [1.807, 2.05) is 11.3 Å². The van der Waals surface area contributed by atoms with E-state index in [9.17, 15) is 0 Å². The Bertz CT molecular complexity index is 3130. The van der Waals surface area contributed by atoms with Gasteiger partial charge in [0.25, 0.3) is 0 Å². The highest BCUT2D eigenvalue weighted by molar-refractivity contribution is 7.27. The van der Waals surface area contributed by atoms with Crippen LogP contribution in [0, 0.1) is 0 Å². The molecule has 10 aromatic carbocycles. The van der Waals surface area contributed by atoms with Crippen molar-refractivity contribution in [2.24, 2.45) is 0 Å². The van der Waals surface area contributed by atoms with Crippen LogP contribution < -0.4 is 0 Å². The van der Waals surface area contributed by atoms with E-state index in [1.165, 1.54) is 107 Å². The molecular weight excluding hydrogens is 633 g/mol. The molecule has 0 aliphatic heterocycles. The van der Waals surface area contributed by atoms with Crippen molar-refractivity contribution in [3.05, 3.63) is 182 Å². The molecule has 1 aromatic heterocycles. The fourth-order valence-corrected chi connectivity index (χ4v) is 9.91. The summed E-state index contributed by atoms with van der Waals surface area (Å²) in [4.78, 5) is 0. The molecule has 0 aliphatic rings. The Morgan fingerprint density at radius 2 is 0.804 bits per heavy atom. The van der Waals surface area contributed by atoms with Gasteiger partial charge in [0.15, 0.2) is 0 Å². The number of fused-ring (bicyclic) bond motifs is 11. The minimum atomic E-state index is 1.23. The van der Waals surface area contributed by atoms with Gasteiger partial charge in [-0.15, -0.1) is 11.3 Å². The fraction of sp³-hybridized carbons (Fsp3) is 0. The summed E-state index contributed by atoms with van der Waals surface area (Å²) in [6.45, 7) is 0. The van der Waals surface area contributed by atoms with Gasteiger partial charge >= 0.3 is 0 Å². The number of thiophene rings is 1. The number of benzene rings is 10. The maximum atomic E-state index is 2.41. The van der Waals surface area contributed by atoms with Crippen molar-refractivity contribution in [3.8, 4) is 33.4 Å². The van der Waals surface area contributed by atoms with Crippen LogP contribution in [0.25, 0.3) is 107 Å². The molecule has 0 atom stereocenters. The fourth-order valence-electron chi connectivity index (χ4n) is 8.61. The van der Waals surface area contributed by atoms with Crippen molar-refractivity contribution in [3.63, 3.8) is 0 Å². The molecule has 0 bridgehead atoms. The third-order valence-electron chi connectivity index (χ3n) is 10.8. The number of hydrogen-bond acceptors (Lipinski definition) is 1. The summed E-state index contributed by atoms with van der Waals surface area (Å²) in [5.74, 6) is 0. The second kappa shape index (κ2) is 11.1. The summed E-state index contributed by atoms with van der Waals surface area (Å²) in [6.07, 6.45) is 0. The molecule has 0 aliphatic carbocycles. The topological polar surface area (TPSA) is 0 Å². The van der Waals surface area contributed by atoms with E-state index >= 15 is 0 Å². The Kier molecular flexibility index (Phi) is 6.22. The largest absolute Gasteiger partial charge is 0.134 e. The second-order valence-corrected chi connectivity index (χ2v) is 14.6. The molecule has 0 amide bonds. The normalized spacial score (nSPS) is 11.9. The highest BCUT2D eigenvalue weighted by Crippen LogP contribution is 2.47. The van der Waals surface area contributed by atoms with E-state index in [0.717, 1.165) is 0 Å². The maximum Gasteiger partial charge on any atom is 0.0440 e. The van der Waals surface area contributed by atoms with Gasteiger partial charge in [0, 0.05) is 25.6 Å². The van der Waals surface area contributed by atoms with Gasteiger partial charge in [-0.1, -0.05) is 170 Å². The lowest BCUT2D eigenvalue weighted by Gasteiger charge is -2.19. The lowest BCUT2D eigenvalue weighted by molar-refractivity contribution is 1.63. The Hall–Kier alpha value is -6.28. The average Bonchev–Trinajstić information content (AvgIpc) is 3.59. The summed E-state index contributed by atoms with van der Waals surface area (Å²) in [7, 11) is 0. The molecule has 0 unspecified atom stereocenters. The van der Waals surface area contributed by atoms with Crippen molar-refractivity contribution in [1.82, 2.24) is 0 Å². The molecule has 236 valence electrons. The summed E-state index contributed by atoms with van der Waals surface area (Å²) in [5.41, 5.74) is 7.57. The second-order valence-electron chi connectivity index (χ2n) is 13.6. The lowest BCUT2D eigenvalue weighted by atomic mass is 9.84. The van der Waals surface area contributed by atoms with Gasteiger partial charge in [-0.25, -0.2) is 0 Å². The SMILES string of the molecule is c1cc(-c2ccc3c(c2)sc2c4ccccc4c4ccccc4c32)cc(-c2c3ccccc3c(-c3cccc4ccccc34)c3ccccc23)c1. The van der Waals surface area contributed by atoms with Crippen LogP contribution in [-0.2, 0) is 0 Å². The summed E-state index contributed by atoms with van der Waals surface area (Å²) in [6, 6.07) is 67.3. The van der Waals surface area contributed by atoms with Crippen LogP contribution in [0.5, 0.6) is 0 Å². The van der Waals surface area contributed by atoms with Crippen molar-refractivity contribution in [1.29, 1.82) is 0 Å². The smallest absolute Gasteiger partial charge is 0.0440 e. The van der Waals surface area contributed by atoms with Crippen molar-refractivity contribution >= 4 is 85.4 Å². The quantitative estimate of drug-likeness (QED) is 0.130. The third-order valence-corrected chi connectivity index (χ3v) is 12.0. The first-order chi connectivity index (χ1) is 25.3. The molecule has 11 aromatic rings. The molecule has 0 saturated heterocycles. The van der Waals surface area contributed by atoms with Gasteiger partial charge in [-0.05, 0) is 94.0 Å². The predicted molar refractivity (Wildman–Crippen MR) is 223 cm³/mol. The van der Waals surface area contributed by atoms with Gasteiger partial charge in [0.1, 0.15) is 0 Å². The Balaban J connectivity index is 1.13. The molecule has 0 N–H and O–H groups in total. The molecular formula is C50H30S. The first kappa shape index (κ1) is 28.5. The molecule has 51 heavy (non-hydrogen) atoms. The van der Waals surface area contributed by atoms with Crippen molar-refractivity contribution in [2.45, 2.75) is 0 Å². The molecule has 1 heteroatoms. The van der Waals surface area contributed by atoms with Crippen LogP contribution in [0.4, 0.5) is 0 Å². The lowest BCUT2D eigenvalue weighted by Crippen LogP contribution is -1.92. The van der Waals surface area contributed by atoms with E-state index in [-0.39, 0.29) is 0 Å². The molecule has 0 nitrogen and oxygen atoms in total. The minimum Gasteiger partial charge on any atom is -0.134 e. The predicted octanol–water partition coefficient (Wildman–Crippen LogP) is 14.8. The van der Waals surface area contributed by atoms with E-state index in [0.29, 0.717) is 0 Å². The molecule has 0 fully saturated rings. The van der Waals surface area contributed by atoms with E-state index in [1.54, 1.807) is 0 Å². The zero-order valence-corrected chi connectivity index (χ0v) is 28.5. The first-order valence-corrected chi connectivity index (χ1v) is 18.4. The maximum absolute atomic E-state index is 2.41. The summed E-state index contributed by atoms with van der Waals surface area (Å²) in [5, 5.41) is 15.7. The third kappa shape index (κ3) is 4.26. The van der Waals surface area contributed by atoms with Crippen LogP contribution in [0.3, 0.4) is 0 Å². The van der Waals surface area contributed by atoms with Gasteiger partial charge in [-0.2, -0.15) is 0 Å². The van der Waals surface area contributed by atoms with E-state index < -0.39 is 0 Å². The molecule has 1 heterocycles. The van der Waals surface area contributed by atoms with Gasteiger partial charge in [0.05, 0.1) is 0 Å². The van der Waals surface area contributed by atoms with Crippen LogP contribution in [0.2, 0.25) is 0 Å². The number of hydrogen-bond donors (Lipinski definition) is 0. The van der Waals surface area contributed by atoms with Gasteiger partial charge in [0.2, 0.25) is 0 Å². The minimum absolute atomic E-state index is 1.23. The molecule has 0 saturated carbocycles. The van der Waals surface area contributed by atoms with Crippen LogP contribution in [0.15, 0.2) is 182 Å². The zero-order valence-electron chi connectivity index (χ0n) is 27.7. The van der Waals surface area contributed by atoms with Gasteiger partial charge in [-0.3, -0.25) is 0 Å². The van der Waals surface area contributed by atoms with E-state index in [4.69, 9.17) is 0 Å². The first-order valence-electron chi connectivity index (χ1n) is 17.6. The summed E-state index contributed by atoms with van der Waals surface area (Å²) < 4.78 is 2.69. The van der Waals surface area contributed by atoms with Gasteiger partial charge < -0.3 is 0 Å². The Morgan fingerprint density at radius 3 is 1.53 bits per heavy atom. The number of rotatable bonds is 3. The van der Waals surface area contributed by atoms with Crippen LogP contribution >= 0.6 is 11.3 Å². The highest BCUT2D eigenvalue weighted by Gasteiger charge is 2.19. The monoisotopic (exact) mass is 662 g/mol. The standard InChI is InChI=1S/C50H30S/c1-2-17-35-31(13-1)14-12-26-38(35)48-42-23-8-6-21-40(42)47(41-22-7-9-24-43(41)48)34-16-11-15-32(29-34)33-27-28-45-46(30-33)51-50-44-25-10-4-19-37(44)36-18-3-5-20-39(36)49(45)50/h1-30H. The van der Waals surface area contributed by atoms with Crippen LogP contribution in [0.1, 0.15) is 0 Å². The Labute approximate surface area is 299 Å². The molecule has 0 radical (unpaired) electrons. The van der Waals surface area contributed by atoms with Crippen LogP contribution in [-0.4, -0.2) is 0 Å². The average molecular weight is 663 g/mol. The van der Waals surface area contributed by atoms with Crippen molar-refractivity contribution in [2.75, 3.05) is 0 Å². The van der Waals surface area contributed by atoms with E-state index in [2.05, 4.69) is 182 Å². The molecule has 0 spiro atoms. The van der Waals surface area contributed by atoms with Crippen molar-refractivity contribution < 1.29 is 0 Å². The Morgan fingerprint density at radius 1 is 0.294 bits per heavy atom.